The first-order chi connectivity index (χ1) is 8.47. The Bertz CT molecular complexity index is 499. The Morgan fingerprint density at radius 3 is 2.83 bits per heavy atom. The molecule has 96 valence electrons. The third-order valence-corrected chi connectivity index (χ3v) is 4.96. The molecule has 0 bridgehead atoms. The lowest BCUT2D eigenvalue weighted by Crippen LogP contribution is -2.48. The Morgan fingerprint density at radius 2 is 2.39 bits per heavy atom. The minimum Gasteiger partial charge on any atom is -0.340 e. The van der Waals surface area contributed by atoms with Crippen molar-refractivity contribution in [3.8, 4) is 6.07 Å². The van der Waals surface area contributed by atoms with Gasteiger partial charge in [0.05, 0.1) is 9.86 Å². The van der Waals surface area contributed by atoms with Crippen LogP contribution in [0.5, 0.6) is 0 Å². The van der Waals surface area contributed by atoms with Crippen molar-refractivity contribution in [3.05, 3.63) is 20.8 Å². The fourth-order valence-corrected chi connectivity index (χ4v) is 3.78. The molecule has 0 saturated heterocycles. The Hall–Kier alpha value is -0.860. The molecule has 1 aromatic heterocycles. The maximum Gasteiger partial charge on any atom is 0.243 e. The predicted octanol–water partition coefficient (Wildman–Crippen LogP) is 3.41. The zero-order chi connectivity index (χ0) is 13.3. The molecule has 0 spiro atoms. The van der Waals surface area contributed by atoms with E-state index in [2.05, 4.69) is 28.9 Å². The van der Waals surface area contributed by atoms with Gasteiger partial charge in [-0.3, -0.25) is 4.79 Å². The van der Waals surface area contributed by atoms with Crippen LogP contribution < -0.4 is 0 Å². The molecule has 1 aromatic rings. The summed E-state index contributed by atoms with van der Waals surface area (Å²) in [6.45, 7) is 2.65. The standard InChI is InChI=1S/C13H15BrN2OS/c1-9-4-13(5-9,8-15)12(17)16(2)6-10-3-11(14)18-7-10/h3,7,9H,4-6H2,1-2H3. The van der Waals surface area contributed by atoms with E-state index in [1.54, 1.807) is 23.3 Å². The quantitative estimate of drug-likeness (QED) is 0.854. The second-order valence-corrected chi connectivity index (χ2v) is 7.42. The van der Waals surface area contributed by atoms with E-state index in [0.717, 1.165) is 9.35 Å². The van der Waals surface area contributed by atoms with Gasteiger partial charge < -0.3 is 4.90 Å². The van der Waals surface area contributed by atoms with Gasteiger partial charge in [-0.1, -0.05) is 6.92 Å². The van der Waals surface area contributed by atoms with E-state index >= 15 is 0 Å². The topological polar surface area (TPSA) is 44.1 Å². The molecule has 5 heteroatoms. The van der Waals surface area contributed by atoms with Gasteiger partial charge in [-0.2, -0.15) is 5.26 Å². The van der Waals surface area contributed by atoms with Crippen LogP contribution in [0.3, 0.4) is 0 Å². The number of carbonyl (C=O) groups is 1. The van der Waals surface area contributed by atoms with Crippen LogP contribution in [0.1, 0.15) is 25.3 Å². The normalized spacial score (nSPS) is 26.2. The van der Waals surface area contributed by atoms with Crippen molar-refractivity contribution in [2.24, 2.45) is 11.3 Å². The van der Waals surface area contributed by atoms with Crippen LogP contribution in [-0.4, -0.2) is 17.9 Å². The molecule has 1 aliphatic carbocycles. The minimum absolute atomic E-state index is 0.0366. The van der Waals surface area contributed by atoms with Crippen LogP contribution >= 0.6 is 27.3 Å². The SMILES string of the molecule is CC1CC(C#N)(C(=O)N(C)Cc2csc(Br)c2)C1. The monoisotopic (exact) mass is 326 g/mol. The molecule has 1 amide bonds. The number of amides is 1. The lowest BCUT2D eigenvalue weighted by Gasteiger charge is -2.41. The van der Waals surface area contributed by atoms with Gasteiger partial charge in [0.15, 0.2) is 0 Å². The fourth-order valence-electron chi connectivity index (χ4n) is 2.58. The van der Waals surface area contributed by atoms with Crippen molar-refractivity contribution in [2.75, 3.05) is 7.05 Å². The van der Waals surface area contributed by atoms with Gasteiger partial charge >= 0.3 is 0 Å². The van der Waals surface area contributed by atoms with Gasteiger partial charge in [0, 0.05) is 13.6 Å². The van der Waals surface area contributed by atoms with E-state index < -0.39 is 5.41 Å². The highest BCUT2D eigenvalue weighted by atomic mass is 79.9. The molecule has 0 aromatic carbocycles. The van der Waals surface area contributed by atoms with Crippen LogP contribution in [0.25, 0.3) is 0 Å². The molecule has 0 radical (unpaired) electrons. The smallest absolute Gasteiger partial charge is 0.243 e. The average Bonchev–Trinajstić information content (AvgIpc) is 2.69. The number of carbonyl (C=O) groups excluding carboxylic acids is 1. The largest absolute Gasteiger partial charge is 0.340 e. The molecule has 2 rings (SSSR count). The molecule has 1 fully saturated rings. The number of hydrogen-bond acceptors (Lipinski definition) is 3. The van der Waals surface area contributed by atoms with Crippen LogP contribution in [0, 0.1) is 22.7 Å². The molecule has 0 unspecified atom stereocenters. The Balaban J connectivity index is 2.03. The van der Waals surface area contributed by atoms with Gasteiger partial charge in [-0.05, 0) is 51.7 Å². The summed E-state index contributed by atoms with van der Waals surface area (Å²) in [4.78, 5) is 14.0. The van der Waals surface area contributed by atoms with Crippen molar-refractivity contribution < 1.29 is 4.79 Å². The third kappa shape index (κ3) is 2.45. The molecule has 3 nitrogen and oxygen atoms in total. The number of hydrogen-bond donors (Lipinski definition) is 0. The van der Waals surface area contributed by atoms with Crippen LogP contribution in [0.4, 0.5) is 0 Å². The molecular formula is C13H15BrN2OS. The van der Waals surface area contributed by atoms with Gasteiger partial charge in [-0.15, -0.1) is 11.3 Å². The predicted molar refractivity (Wildman–Crippen MR) is 74.9 cm³/mol. The minimum atomic E-state index is -0.762. The third-order valence-electron chi connectivity index (χ3n) is 3.41. The van der Waals surface area contributed by atoms with Gasteiger partial charge in [0.25, 0.3) is 0 Å². The van der Waals surface area contributed by atoms with Crippen LogP contribution in [0.2, 0.25) is 0 Å². The summed E-state index contributed by atoms with van der Waals surface area (Å²) >= 11 is 5.01. The number of halogens is 1. The molecule has 1 saturated carbocycles. The number of nitriles is 1. The Labute approximate surface area is 120 Å². The maximum absolute atomic E-state index is 12.3. The first kappa shape index (κ1) is 13.6. The Morgan fingerprint density at radius 1 is 1.72 bits per heavy atom. The lowest BCUT2D eigenvalue weighted by atomic mass is 9.63. The summed E-state index contributed by atoms with van der Waals surface area (Å²) in [6, 6.07) is 4.23. The summed E-state index contributed by atoms with van der Waals surface area (Å²) in [7, 11) is 1.77. The zero-order valence-corrected chi connectivity index (χ0v) is 12.8. The first-order valence-corrected chi connectivity index (χ1v) is 7.54. The summed E-state index contributed by atoms with van der Waals surface area (Å²) in [5.41, 5.74) is 0.338. The fraction of sp³-hybridized carbons (Fsp3) is 0.538. The second-order valence-electron chi connectivity index (χ2n) is 5.13. The molecule has 0 aliphatic heterocycles. The summed E-state index contributed by atoms with van der Waals surface area (Å²) in [5.74, 6) is 0.447. The zero-order valence-electron chi connectivity index (χ0n) is 10.4. The van der Waals surface area contributed by atoms with Gasteiger partial charge in [0.2, 0.25) is 5.91 Å². The summed E-state index contributed by atoms with van der Waals surface area (Å²) in [6.07, 6.45) is 1.39. The first-order valence-electron chi connectivity index (χ1n) is 5.86. The van der Waals surface area contributed by atoms with E-state index in [-0.39, 0.29) is 5.91 Å². The van der Waals surface area contributed by atoms with E-state index in [1.165, 1.54) is 0 Å². The van der Waals surface area contributed by atoms with Crippen molar-refractivity contribution >= 4 is 33.2 Å². The maximum atomic E-state index is 12.3. The van der Waals surface area contributed by atoms with Crippen molar-refractivity contribution in [3.63, 3.8) is 0 Å². The summed E-state index contributed by atoms with van der Waals surface area (Å²) in [5, 5.41) is 11.3. The van der Waals surface area contributed by atoms with E-state index in [1.807, 2.05) is 11.4 Å². The number of nitrogens with zero attached hydrogens (tertiary/aromatic N) is 2. The van der Waals surface area contributed by atoms with Crippen LogP contribution in [0.15, 0.2) is 15.2 Å². The van der Waals surface area contributed by atoms with Crippen molar-refractivity contribution in [2.45, 2.75) is 26.3 Å². The lowest BCUT2D eigenvalue weighted by molar-refractivity contribution is -0.144. The highest BCUT2D eigenvalue weighted by molar-refractivity contribution is 9.11. The van der Waals surface area contributed by atoms with E-state index in [0.29, 0.717) is 25.3 Å². The number of thiophene rings is 1. The average molecular weight is 327 g/mol. The second kappa shape index (κ2) is 5.02. The van der Waals surface area contributed by atoms with E-state index in [9.17, 15) is 10.1 Å². The Kier molecular flexibility index (Phi) is 3.79. The van der Waals surface area contributed by atoms with Gasteiger partial charge in [0.1, 0.15) is 5.41 Å². The molecule has 1 aliphatic rings. The van der Waals surface area contributed by atoms with Crippen molar-refractivity contribution in [1.29, 1.82) is 5.26 Å². The van der Waals surface area contributed by atoms with Crippen LogP contribution in [-0.2, 0) is 11.3 Å². The molecular weight excluding hydrogens is 312 g/mol. The molecule has 1 heterocycles. The highest BCUT2D eigenvalue weighted by Crippen LogP contribution is 2.46. The van der Waals surface area contributed by atoms with Gasteiger partial charge in [-0.25, -0.2) is 0 Å². The molecule has 18 heavy (non-hydrogen) atoms. The summed E-state index contributed by atoms with van der Waals surface area (Å²) < 4.78 is 1.06. The highest BCUT2D eigenvalue weighted by Gasteiger charge is 2.50. The van der Waals surface area contributed by atoms with E-state index in [4.69, 9.17) is 0 Å². The molecule has 0 atom stereocenters. The van der Waals surface area contributed by atoms with Crippen molar-refractivity contribution in [1.82, 2.24) is 4.90 Å². The number of rotatable bonds is 3. The molecule has 0 N–H and O–H groups in total.